The van der Waals surface area contributed by atoms with Gasteiger partial charge in [-0.2, -0.15) is 0 Å². The Morgan fingerprint density at radius 2 is 1.93 bits per heavy atom. The van der Waals surface area contributed by atoms with Gasteiger partial charge in [0.2, 0.25) is 0 Å². The van der Waals surface area contributed by atoms with Gasteiger partial charge < -0.3 is 4.74 Å². The van der Waals surface area contributed by atoms with Crippen molar-refractivity contribution in [3.05, 3.63) is 42.2 Å². The van der Waals surface area contributed by atoms with Gasteiger partial charge in [-0.05, 0) is 30.2 Å². The quantitative estimate of drug-likeness (QED) is 0.433. The summed E-state index contributed by atoms with van der Waals surface area (Å²) in [5, 5.41) is 0. The molecule has 3 heteroatoms. The minimum absolute atomic E-state index is 0.297. The SMILES string of the molecule is CC(C)/C=C/C(=O)Oc1ccc(F)cc1. The van der Waals surface area contributed by atoms with Crippen molar-refractivity contribution in [3.8, 4) is 5.75 Å². The summed E-state index contributed by atoms with van der Waals surface area (Å²) in [7, 11) is 0. The fraction of sp³-hybridized carbons (Fsp3) is 0.250. The van der Waals surface area contributed by atoms with Crippen LogP contribution in [0.1, 0.15) is 13.8 Å². The molecule has 0 atom stereocenters. The summed E-state index contributed by atoms with van der Waals surface area (Å²) >= 11 is 0. The molecule has 0 saturated heterocycles. The molecule has 2 nitrogen and oxygen atoms in total. The zero-order chi connectivity index (χ0) is 11.3. The summed E-state index contributed by atoms with van der Waals surface area (Å²) < 4.78 is 17.5. The van der Waals surface area contributed by atoms with Gasteiger partial charge in [0.15, 0.2) is 0 Å². The van der Waals surface area contributed by atoms with Crippen LogP contribution in [0.4, 0.5) is 4.39 Å². The van der Waals surface area contributed by atoms with Crippen molar-refractivity contribution in [1.29, 1.82) is 0 Å². The summed E-state index contributed by atoms with van der Waals surface area (Å²) in [4.78, 5) is 11.2. The minimum Gasteiger partial charge on any atom is -0.423 e. The van der Waals surface area contributed by atoms with Crippen molar-refractivity contribution < 1.29 is 13.9 Å². The lowest BCUT2D eigenvalue weighted by atomic mass is 10.2. The van der Waals surface area contributed by atoms with E-state index in [9.17, 15) is 9.18 Å². The van der Waals surface area contributed by atoms with E-state index in [4.69, 9.17) is 4.74 Å². The highest BCUT2D eigenvalue weighted by atomic mass is 19.1. The number of rotatable bonds is 3. The highest BCUT2D eigenvalue weighted by Gasteiger charge is 2.00. The van der Waals surface area contributed by atoms with Gasteiger partial charge in [0.25, 0.3) is 0 Å². The van der Waals surface area contributed by atoms with Crippen molar-refractivity contribution in [2.75, 3.05) is 0 Å². The van der Waals surface area contributed by atoms with E-state index in [0.717, 1.165) is 0 Å². The number of hydrogen-bond acceptors (Lipinski definition) is 2. The highest BCUT2D eigenvalue weighted by Crippen LogP contribution is 2.11. The zero-order valence-electron chi connectivity index (χ0n) is 8.74. The number of carbonyl (C=O) groups is 1. The first-order valence-electron chi connectivity index (χ1n) is 4.73. The zero-order valence-corrected chi connectivity index (χ0v) is 8.74. The van der Waals surface area contributed by atoms with Crippen molar-refractivity contribution in [3.63, 3.8) is 0 Å². The van der Waals surface area contributed by atoms with Crippen molar-refractivity contribution >= 4 is 5.97 Å². The molecule has 0 fully saturated rings. The molecule has 1 rings (SSSR count). The summed E-state index contributed by atoms with van der Waals surface area (Å²) in [5.74, 6) is -0.164. The van der Waals surface area contributed by atoms with Gasteiger partial charge in [0.05, 0.1) is 0 Å². The Labute approximate surface area is 88.4 Å². The molecule has 0 unspecified atom stereocenters. The summed E-state index contributed by atoms with van der Waals surface area (Å²) in [6.07, 6.45) is 3.11. The smallest absolute Gasteiger partial charge is 0.335 e. The van der Waals surface area contributed by atoms with Crippen molar-refractivity contribution in [1.82, 2.24) is 0 Å². The molecule has 0 heterocycles. The number of esters is 1. The van der Waals surface area contributed by atoms with Gasteiger partial charge in [-0.25, -0.2) is 9.18 Å². The lowest BCUT2D eigenvalue weighted by Gasteiger charge is -2.00. The topological polar surface area (TPSA) is 26.3 Å². The van der Waals surface area contributed by atoms with Crippen LogP contribution in [0.15, 0.2) is 36.4 Å². The van der Waals surface area contributed by atoms with Gasteiger partial charge >= 0.3 is 5.97 Å². The van der Waals surface area contributed by atoms with Gasteiger partial charge in [-0.1, -0.05) is 19.9 Å². The van der Waals surface area contributed by atoms with Crippen LogP contribution >= 0.6 is 0 Å². The van der Waals surface area contributed by atoms with Crippen molar-refractivity contribution in [2.24, 2.45) is 5.92 Å². The monoisotopic (exact) mass is 208 g/mol. The first kappa shape index (κ1) is 11.4. The Bertz CT molecular complexity index is 352. The second-order valence-electron chi connectivity index (χ2n) is 3.48. The minimum atomic E-state index is -0.449. The maximum Gasteiger partial charge on any atom is 0.335 e. The second kappa shape index (κ2) is 5.29. The van der Waals surface area contributed by atoms with E-state index in [2.05, 4.69) is 0 Å². The Hall–Kier alpha value is -1.64. The molecule has 0 saturated carbocycles. The van der Waals surface area contributed by atoms with E-state index >= 15 is 0 Å². The molecule has 15 heavy (non-hydrogen) atoms. The molecule has 0 aliphatic rings. The molecule has 80 valence electrons. The third kappa shape index (κ3) is 4.40. The van der Waals surface area contributed by atoms with Crippen molar-refractivity contribution in [2.45, 2.75) is 13.8 Å². The van der Waals surface area contributed by atoms with Gasteiger partial charge in [0.1, 0.15) is 11.6 Å². The van der Waals surface area contributed by atoms with Crippen LogP contribution in [0, 0.1) is 11.7 Å². The molecular weight excluding hydrogens is 195 g/mol. The third-order valence-corrected chi connectivity index (χ3v) is 1.65. The molecule has 0 aliphatic heterocycles. The Balaban J connectivity index is 2.55. The first-order chi connectivity index (χ1) is 7.08. The van der Waals surface area contributed by atoms with E-state index in [-0.39, 0.29) is 5.82 Å². The molecule has 0 amide bonds. The predicted molar refractivity (Wildman–Crippen MR) is 56.0 cm³/mol. The van der Waals surface area contributed by atoms with Crippen LogP contribution in [0.25, 0.3) is 0 Å². The molecular formula is C12H13FO2. The number of benzene rings is 1. The maximum absolute atomic E-state index is 12.5. The molecule has 1 aromatic carbocycles. The van der Waals surface area contributed by atoms with Gasteiger partial charge in [-0.3, -0.25) is 0 Å². The predicted octanol–water partition coefficient (Wildman–Crippen LogP) is 2.94. The number of halogens is 1. The number of hydrogen-bond donors (Lipinski definition) is 0. The number of carbonyl (C=O) groups excluding carboxylic acids is 1. The largest absolute Gasteiger partial charge is 0.423 e. The lowest BCUT2D eigenvalue weighted by molar-refractivity contribution is -0.129. The second-order valence-corrected chi connectivity index (χ2v) is 3.48. The van der Waals surface area contributed by atoms with Crippen LogP contribution in [0.3, 0.4) is 0 Å². The Kier molecular flexibility index (Phi) is 4.03. The van der Waals surface area contributed by atoms with E-state index < -0.39 is 5.97 Å². The average Bonchev–Trinajstić information content (AvgIpc) is 2.19. The van der Waals surface area contributed by atoms with E-state index in [1.54, 1.807) is 6.08 Å². The Morgan fingerprint density at radius 1 is 1.33 bits per heavy atom. The standard InChI is InChI=1S/C12H13FO2/c1-9(2)3-8-12(14)15-11-6-4-10(13)5-7-11/h3-9H,1-2H3/b8-3+. The van der Waals surface area contributed by atoms with Gasteiger partial charge in [0, 0.05) is 6.08 Å². The molecule has 1 aromatic rings. The fourth-order valence-electron chi connectivity index (χ4n) is 0.924. The van der Waals surface area contributed by atoms with Crippen LogP contribution < -0.4 is 4.74 Å². The van der Waals surface area contributed by atoms with Crippen LogP contribution in [0.2, 0.25) is 0 Å². The number of ether oxygens (including phenoxy) is 1. The van der Waals surface area contributed by atoms with E-state index in [1.165, 1.54) is 30.3 Å². The van der Waals surface area contributed by atoms with Crippen LogP contribution in [-0.4, -0.2) is 5.97 Å². The molecule has 0 radical (unpaired) electrons. The number of allylic oxidation sites excluding steroid dienone is 1. The Morgan fingerprint density at radius 3 is 2.47 bits per heavy atom. The lowest BCUT2D eigenvalue weighted by Crippen LogP contribution is -2.04. The van der Waals surface area contributed by atoms with Gasteiger partial charge in [-0.15, -0.1) is 0 Å². The molecule has 0 bridgehead atoms. The first-order valence-corrected chi connectivity index (χ1v) is 4.73. The normalized spacial score (nSPS) is 10.9. The van der Waals surface area contributed by atoms with E-state index in [1.807, 2.05) is 13.8 Å². The van der Waals surface area contributed by atoms with E-state index in [0.29, 0.717) is 11.7 Å². The van der Waals surface area contributed by atoms with Crippen LogP contribution in [-0.2, 0) is 4.79 Å². The molecule has 0 aromatic heterocycles. The highest BCUT2D eigenvalue weighted by molar-refractivity contribution is 5.83. The summed E-state index contributed by atoms with van der Waals surface area (Å²) in [6.45, 7) is 3.92. The fourth-order valence-corrected chi connectivity index (χ4v) is 0.924. The molecule has 0 spiro atoms. The maximum atomic E-state index is 12.5. The molecule has 0 aliphatic carbocycles. The average molecular weight is 208 g/mol. The third-order valence-electron chi connectivity index (χ3n) is 1.65. The molecule has 0 N–H and O–H groups in total. The van der Waals surface area contributed by atoms with Crippen LogP contribution in [0.5, 0.6) is 5.75 Å². The summed E-state index contributed by atoms with van der Waals surface area (Å²) in [6, 6.07) is 5.32. The summed E-state index contributed by atoms with van der Waals surface area (Å²) in [5.41, 5.74) is 0.